The molecule has 24 heavy (non-hydrogen) atoms. The van der Waals surface area contributed by atoms with Crippen LogP contribution in [0.25, 0.3) is 0 Å². The van der Waals surface area contributed by atoms with Gasteiger partial charge in [0.2, 0.25) is 10.0 Å². The molecule has 134 valence electrons. The van der Waals surface area contributed by atoms with Crippen LogP contribution < -0.4 is 9.46 Å². The van der Waals surface area contributed by atoms with Gasteiger partial charge in [0, 0.05) is 0 Å². The fourth-order valence-corrected chi connectivity index (χ4v) is 3.09. The van der Waals surface area contributed by atoms with E-state index in [9.17, 15) is 23.1 Å². The molecule has 0 unspecified atom stereocenters. The van der Waals surface area contributed by atoms with Crippen LogP contribution in [0.4, 0.5) is 0 Å². The maximum Gasteiger partial charge on any atom is 0.343 e. The highest BCUT2D eigenvalue weighted by Gasteiger charge is 2.29. The number of nitrogens with one attached hydrogen (secondary N) is 1. The number of carbonyl (C=O) groups excluding carboxylic acids is 1. The van der Waals surface area contributed by atoms with Crippen molar-refractivity contribution in [3.63, 3.8) is 0 Å². The summed E-state index contributed by atoms with van der Waals surface area (Å²) in [5.41, 5.74) is 0. The average Bonchev–Trinajstić information content (AvgIpc) is 2.57. The molecule has 0 bridgehead atoms. The lowest BCUT2D eigenvalue weighted by Crippen LogP contribution is -2.44. The van der Waals surface area contributed by atoms with Crippen molar-refractivity contribution < 1.29 is 32.6 Å². The molecule has 9 heteroatoms. The van der Waals surface area contributed by atoms with Crippen molar-refractivity contribution in [2.24, 2.45) is 5.92 Å². The van der Waals surface area contributed by atoms with Crippen molar-refractivity contribution in [1.29, 1.82) is 0 Å². The molecule has 0 aliphatic rings. The second-order valence-electron chi connectivity index (χ2n) is 5.16. The van der Waals surface area contributed by atoms with Crippen LogP contribution >= 0.6 is 0 Å². The summed E-state index contributed by atoms with van der Waals surface area (Å²) in [6, 6.07) is 4.07. The fraction of sp³-hybridized carbons (Fsp3) is 0.467. The summed E-state index contributed by atoms with van der Waals surface area (Å²) in [5.74, 6) is -1.87. The molecule has 0 fully saturated rings. The van der Waals surface area contributed by atoms with Crippen LogP contribution in [0, 0.1) is 5.92 Å². The van der Waals surface area contributed by atoms with Crippen molar-refractivity contribution in [3.05, 3.63) is 24.3 Å². The van der Waals surface area contributed by atoms with Gasteiger partial charge in [-0.3, -0.25) is 4.79 Å². The van der Waals surface area contributed by atoms with E-state index in [2.05, 4.69) is 9.46 Å². The van der Waals surface area contributed by atoms with E-state index >= 15 is 0 Å². The molecule has 1 rings (SSSR count). The average molecular weight is 359 g/mol. The third-order valence-corrected chi connectivity index (χ3v) is 4.94. The molecule has 0 amide bonds. The van der Waals surface area contributed by atoms with Crippen LogP contribution in [-0.4, -0.2) is 45.2 Å². The van der Waals surface area contributed by atoms with Gasteiger partial charge in [-0.05, 0) is 30.2 Å². The number of sulfonamides is 1. The van der Waals surface area contributed by atoms with Crippen LogP contribution in [0.3, 0.4) is 0 Å². The smallest absolute Gasteiger partial charge is 0.343 e. The third kappa shape index (κ3) is 5.50. The number of rotatable bonds is 9. The highest BCUT2D eigenvalue weighted by molar-refractivity contribution is 7.89. The van der Waals surface area contributed by atoms with Gasteiger partial charge in [0.15, 0.2) is 6.61 Å². The summed E-state index contributed by atoms with van der Waals surface area (Å²) in [7, 11) is -2.76. The highest BCUT2D eigenvalue weighted by Crippen LogP contribution is 2.18. The van der Waals surface area contributed by atoms with Gasteiger partial charge >= 0.3 is 11.9 Å². The second kappa shape index (κ2) is 8.65. The van der Waals surface area contributed by atoms with Gasteiger partial charge in [-0.25, -0.2) is 13.2 Å². The quantitative estimate of drug-likeness (QED) is 0.632. The van der Waals surface area contributed by atoms with E-state index in [4.69, 9.17) is 4.74 Å². The summed E-state index contributed by atoms with van der Waals surface area (Å²) in [5, 5.41) is 9.18. The van der Waals surface area contributed by atoms with Crippen molar-refractivity contribution >= 4 is 22.0 Å². The zero-order valence-corrected chi connectivity index (χ0v) is 14.5. The van der Waals surface area contributed by atoms with E-state index in [-0.39, 0.29) is 23.2 Å². The Morgan fingerprint density at radius 2 is 1.83 bits per heavy atom. The number of hydrogen-bond donors (Lipinski definition) is 2. The molecular weight excluding hydrogens is 338 g/mol. The molecule has 0 aliphatic carbocycles. The SMILES string of the molecule is CC[C@H](C)[C@H](NS(=O)(=O)c1ccc(OCC(=O)OC)cc1)C(=O)O. The molecule has 2 atom stereocenters. The lowest BCUT2D eigenvalue weighted by atomic mass is 10.0. The Kier molecular flexibility index (Phi) is 7.18. The van der Waals surface area contributed by atoms with Crippen LogP contribution in [0.15, 0.2) is 29.2 Å². The summed E-state index contributed by atoms with van der Waals surface area (Å²) in [6.07, 6.45) is 0.514. The maximum absolute atomic E-state index is 12.3. The molecule has 0 heterocycles. The van der Waals surface area contributed by atoms with Crippen molar-refractivity contribution in [3.8, 4) is 5.75 Å². The number of aliphatic carboxylic acids is 1. The number of hydrogen-bond acceptors (Lipinski definition) is 6. The van der Waals surface area contributed by atoms with Gasteiger partial charge in [-0.2, -0.15) is 4.72 Å². The Bertz CT molecular complexity index is 670. The summed E-state index contributed by atoms with van der Waals surface area (Å²) < 4.78 is 36.3. The second-order valence-corrected chi connectivity index (χ2v) is 6.87. The molecule has 2 N–H and O–H groups in total. The first-order chi connectivity index (χ1) is 11.2. The molecule has 1 aromatic carbocycles. The van der Waals surface area contributed by atoms with Crippen LogP contribution in [-0.2, 0) is 24.3 Å². The predicted octanol–water partition coefficient (Wildman–Crippen LogP) is 1.02. The lowest BCUT2D eigenvalue weighted by Gasteiger charge is -2.20. The van der Waals surface area contributed by atoms with Gasteiger partial charge in [-0.15, -0.1) is 0 Å². The topological polar surface area (TPSA) is 119 Å². The zero-order chi connectivity index (χ0) is 18.3. The first kappa shape index (κ1) is 19.9. The van der Waals surface area contributed by atoms with Gasteiger partial charge in [0.1, 0.15) is 11.8 Å². The number of ether oxygens (including phenoxy) is 2. The Morgan fingerprint density at radius 1 is 1.25 bits per heavy atom. The first-order valence-corrected chi connectivity index (χ1v) is 8.74. The first-order valence-electron chi connectivity index (χ1n) is 7.26. The van der Waals surface area contributed by atoms with Crippen molar-refractivity contribution in [2.45, 2.75) is 31.2 Å². The van der Waals surface area contributed by atoms with E-state index in [1.54, 1.807) is 13.8 Å². The number of carbonyl (C=O) groups is 2. The monoisotopic (exact) mass is 359 g/mol. The van der Waals surface area contributed by atoms with Crippen LogP contribution in [0.2, 0.25) is 0 Å². The van der Waals surface area contributed by atoms with E-state index in [0.717, 1.165) is 0 Å². The maximum atomic E-state index is 12.3. The predicted molar refractivity (Wildman–Crippen MR) is 85.2 cm³/mol. The Balaban J connectivity index is 2.87. The minimum atomic E-state index is -3.99. The molecule has 0 aromatic heterocycles. The Hall–Kier alpha value is -2.13. The van der Waals surface area contributed by atoms with E-state index < -0.39 is 28.0 Å². The highest BCUT2D eigenvalue weighted by atomic mass is 32.2. The Labute approximate surface area is 140 Å². The number of benzene rings is 1. The van der Waals surface area contributed by atoms with Crippen molar-refractivity contribution in [2.75, 3.05) is 13.7 Å². The number of carboxylic acids is 1. The molecule has 0 spiro atoms. The summed E-state index contributed by atoms with van der Waals surface area (Å²) in [6.45, 7) is 3.14. The van der Waals surface area contributed by atoms with Gasteiger partial charge in [0.05, 0.1) is 12.0 Å². The normalized spacial score (nSPS) is 13.8. The standard InChI is InChI=1S/C15H21NO7S/c1-4-10(2)14(15(18)19)16-24(20,21)12-7-5-11(6-8-12)23-9-13(17)22-3/h5-8,10,14,16H,4,9H2,1-3H3,(H,18,19)/t10-,14-/m0/s1. The lowest BCUT2D eigenvalue weighted by molar-refractivity contribution is -0.143. The minimum Gasteiger partial charge on any atom is -0.482 e. The zero-order valence-electron chi connectivity index (χ0n) is 13.7. The molecule has 8 nitrogen and oxygen atoms in total. The molecule has 0 aliphatic heterocycles. The van der Waals surface area contributed by atoms with E-state index in [0.29, 0.717) is 6.42 Å². The third-order valence-electron chi connectivity index (χ3n) is 3.48. The van der Waals surface area contributed by atoms with E-state index in [1.165, 1.54) is 31.4 Å². The van der Waals surface area contributed by atoms with E-state index in [1.807, 2.05) is 0 Å². The number of esters is 1. The molecular formula is C15H21NO7S. The largest absolute Gasteiger partial charge is 0.482 e. The summed E-state index contributed by atoms with van der Waals surface area (Å²) in [4.78, 5) is 22.1. The van der Waals surface area contributed by atoms with Gasteiger partial charge in [-0.1, -0.05) is 20.3 Å². The number of methoxy groups -OCH3 is 1. The molecule has 0 saturated heterocycles. The molecule has 0 saturated carbocycles. The van der Waals surface area contributed by atoms with Gasteiger partial charge in [0.25, 0.3) is 0 Å². The molecule has 1 aromatic rings. The van der Waals surface area contributed by atoms with Crippen LogP contribution in [0.5, 0.6) is 5.75 Å². The fourth-order valence-electron chi connectivity index (χ4n) is 1.80. The Morgan fingerprint density at radius 3 is 2.29 bits per heavy atom. The minimum absolute atomic E-state index is 0.0949. The number of carboxylic acid groups (broad SMARTS) is 1. The van der Waals surface area contributed by atoms with Gasteiger partial charge < -0.3 is 14.6 Å². The molecule has 0 radical (unpaired) electrons. The van der Waals surface area contributed by atoms with Crippen molar-refractivity contribution in [1.82, 2.24) is 4.72 Å². The summed E-state index contributed by atoms with van der Waals surface area (Å²) >= 11 is 0. The van der Waals surface area contributed by atoms with Crippen LogP contribution in [0.1, 0.15) is 20.3 Å².